The molecule has 0 aliphatic heterocycles. The van der Waals surface area contributed by atoms with Gasteiger partial charge in [0.2, 0.25) is 0 Å². The first-order chi connectivity index (χ1) is 7.54. The van der Waals surface area contributed by atoms with Gasteiger partial charge in [-0.15, -0.1) is 0 Å². The molecule has 0 aliphatic carbocycles. The van der Waals surface area contributed by atoms with Gasteiger partial charge in [0.25, 0.3) is 0 Å². The molecule has 16 heavy (non-hydrogen) atoms. The lowest BCUT2D eigenvalue weighted by Gasteiger charge is -2.23. The van der Waals surface area contributed by atoms with Crippen LogP contribution in [0, 0.1) is 13.8 Å². The van der Waals surface area contributed by atoms with E-state index < -0.39 is 11.1 Å². The van der Waals surface area contributed by atoms with Gasteiger partial charge in [0.05, 0.1) is 5.75 Å². The molecule has 0 amide bonds. The van der Waals surface area contributed by atoms with Crippen molar-refractivity contribution in [1.29, 1.82) is 0 Å². The Bertz CT molecular complexity index is 379. The molecule has 4 heteroatoms. The van der Waals surface area contributed by atoms with Gasteiger partial charge in [-0.3, -0.25) is 0 Å². The second-order valence-electron chi connectivity index (χ2n) is 3.87. The normalized spacial score (nSPS) is 12.5. The zero-order valence-corrected chi connectivity index (χ0v) is 10.9. The lowest BCUT2D eigenvalue weighted by Crippen LogP contribution is -2.27. The highest BCUT2D eigenvalue weighted by Gasteiger charge is 2.06. The largest absolute Gasteiger partial charge is 0.371 e. The Balaban J connectivity index is 2.78. The van der Waals surface area contributed by atoms with Crippen LogP contribution in [0.25, 0.3) is 0 Å². The Morgan fingerprint density at radius 2 is 2.00 bits per heavy atom. The molecule has 0 fully saturated rings. The maximum Gasteiger partial charge on any atom is 0.154 e. The van der Waals surface area contributed by atoms with Crippen LogP contribution in [0.4, 0.5) is 5.69 Å². The van der Waals surface area contributed by atoms with Crippen LogP contribution in [-0.4, -0.2) is 27.6 Å². The maximum atomic E-state index is 10.7. The summed E-state index contributed by atoms with van der Waals surface area (Å²) in [6.07, 6.45) is 0. The van der Waals surface area contributed by atoms with Crippen LogP contribution in [0.15, 0.2) is 18.2 Å². The number of nitrogens with zero attached hydrogens (tertiary/aromatic N) is 1. The van der Waals surface area contributed by atoms with Crippen LogP contribution in [0.5, 0.6) is 0 Å². The number of benzene rings is 1. The molecule has 1 unspecified atom stereocenters. The Morgan fingerprint density at radius 3 is 2.50 bits per heavy atom. The molecular weight excluding hydrogens is 222 g/mol. The zero-order chi connectivity index (χ0) is 12.1. The molecule has 90 valence electrons. The summed E-state index contributed by atoms with van der Waals surface area (Å²) in [5.41, 5.74) is 3.64. The fourth-order valence-corrected chi connectivity index (χ4v) is 1.96. The van der Waals surface area contributed by atoms with Crippen molar-refractivity contribution >= 4 is 16.8 Å². The molecule has 0 aromatic heterocycles. The first-order valence-corrected chi connectivity index (χ1v) is 6.71. The summed E-state index contributed by atoms with van der Waals surface area (Å²) in [5, 5.41) is 0. The summed E-state index contributed by atoms with van der Waals surface area (Å²) < 4.78 is 19.4. The highest BCUT2D eigenvalue weighted by molar-refractivity contribution is 7.79. The van der Waals surface area contributed by atoms with Gasteiger partial charge in [0, 0.05) is 18.8 Å². The topological polar surface area (TPSA) is 40.5 Å². The molecule has 0 saturated heterocycles. The number of anilines is 1. The fourth-order valence-electron chi connectivity index (χ4n) is 1.58. The number of hydrogen-bond acceptors (Lipinski definition) is 2. The quantitative estimate of drug-likeness (QED) is 0.804. The van der Waals surface area contributed by atoms with Crippen molar-refractivity contribution in [1.82, 2.24) is 0 Å². The minimum absolute atomic E-state index is 0.292. The predicted molar refractivity (Wildman–Crippen MR) is 69.4 cm³/mol. The Labute approximate surface area is 99.8 Å². The summed E-state index contributed by atoms with van der Waals surface area (Å²) in [7, 11) is 0. The van der Waals surface area contributed by atoms with E-state index in [0.717, 1.165) is 12.2 Å². The van der Waals surface area contributed by atoms with E-state index in [1.54, 1.807) is 0 Å². The molecule has 1 aromatic carbocycles. The maximum absolute atomic E-state index is 10.7. The minimum Gasteiger partial charge on any atom is -0.371 e. The molecule has 1 N–H and O–H groups in total. The van der Waals surface area contributed by atoms with Gasteiger partial charge in [-0.1, -0.05) is 6.07 Å². The predicted octanol–water partition coefficient (Wildman–Crippen LogP) is 2.35. The third kappa shape index (κ3) is 3.61. The van der Waals surface area contributed by atoms with E-state index in [0.29, 0.717) is 12.3 Å². The third-order valence-electron chi connectivity index (χ3n) is 2.77. The smallest absolute Gasteiger partial charge is 0.154 e. The Kier molecular flexibility index (Phi) is 4.96. The molecule has 1 rings (SSSR count). The van der Waals surface area contributed by atoms with E-state index in [4.69, 9.17) is 4.55 Å². The van der Waals surface area contributed by atoms with Gasteiger partial charge in [0.15, 0.2) is 11.1 Å². The first-order valence-electron chi connectivity index (χ1n) is 5.44. The number of rotatable bonds is 5. The van der Waals surface area contributed by atoms with Crippen molar-refractivity contribution < 1.29 is 8.76 Å². The third-order valence-corrected chi connectivity index (χ3v) is 3.31. The second-order valence-corrected chi connectivity index (χ2v) is 4.93. The first kappa shape index (κ1) is 13.2. The fraction of sp³-hybridized carbons (Fsp3) is 0.500. The molecular formula is C12H19NO2S. The standard InChI is InChI=1S/C12H19NO2S/c1-4-13(7-8-16(14)15)12-6-5-10(2)11(3)9-12/h5-6,9H,4,7-8H2,1-3H3,(H,14,15). The van der Waals surface area contributed by atoms with Crippen molar-refractivity contribution in [3.63, 3.8) is 0 Å². The van der Waals surface area contributed by atoms with Crippen molar-refractivity contribution in [2.75, 3.05) is 23.7 Å². The van der Waals surface area contributed by atoms with Crippen LogP contribution in [0.2, 0.25) is 0 Å². The molecule has 0 saturated carbocycles. The summed E-state index contributed by atoms with van der Waals surface area (Å²) in [6, 6.07) is 6.27. The van der Waals surface area contributed by atoms with Gasteiger partial charge >= 0.3 is 0 Å². The average molecular weight is 241 g/mol. The molecule has 0 bridgehead atoms. The number of hydrogen-bond donors (Lipinski definition) is 1. The Morgan fingerprint density at radius 1 is 1.31 bits per heavy atom. The van der Waals surface area contributed by atoms with Crippen molar-refractivity contribution in [3.05, 3.63) is 29.3 Å². The molecule has 3 nitrogen and oxygen atoms in total. The van der Waals surface area contributed by atoms with Gasteiger partial charge in [-0.25, -0.2) is 4.21 Å². The van der Waals surface area contributed by atoms with Crippen molar-refractivity contribution in [3.8, 4) is 0 Å². The molecule has 0 spiro atoms. The average Bonchev–Trinajstić information content (AvgIpc) is 2.23. The van der Waals surface area contributed by atoms with Crippen molar-refractivity contribution in [2.45, 2.75) is 20.8 Å². The molecule has 0 aliphatic rings. The van der Waals surface area contributed by atoms with E-state index in [1.165, 1.54) is 11.1 Å². The Hall–Kier alpha value is -0.870. The molecule has 0 heterocycles. The van der Waals surface area contributed by atoms with Crippen LogP contribution in [0.1, 0.15) is 18.1 Å². The number of aryl methyl sites for hydroxylation is 2. The highest BCUT2D eigenvalue weighted by atomic mass is 32.2. The van der Waals surface area contributed by atoms with E-state index in [-0.39, 0.29) is 0 Å². The van der Waals surface area contributed by atoms with E-state index >= 15 is 0 Å². The summed E-state index contributed by atoms with van der Waals surface area (Å²) >= 11 is -1.71. The second kappa shape index (κ2) is 6.01. The van der Waals surface area contributed by atoms with Gasteiger partial charge in [0.1, 0.15) is 0 Å². The van der Waals surface area contributed by atoms with E-state index in [2.05, 4.69) is 43.9 Å². The van der Waals surface area contributed by atoms with E-state index in [9.17, 15) is 4.21 Å². The van der Waals surface area contributed by atoms with Crippen LogP contribution in [0.3, 0.4) is 0 Å². The zero-order valence-electron chi connectivity index (χ0n) is 10.1. The summed E-state index contributed by atoms with van der Waals surface area (Å²) in [6.45, 7) is 7.67. The molecule has 0 radical (unpaired) electrons. The monoisotopic (exact) mass is 241 g/mol. The van der Waals surface area contributed by atoms with Gasteiger partial charge < -0.3 is 9.45 Å². The minimum atomic E-state index is -1.71. The SMILES string of the molecule is CCN(CCS(=O)O)c1ccc(C)c(C)c1. The van der Waals surface area contributed by atoms with Crippen LogP contribution in [-0.2, 0) is 11.1 Å². The van der Waals surface area contributed by atoms with Gasteiger partial charge in [-0.05, 0) is 44.0 Å². The van der Waals surface area contributed by atoms with Gasteiger partial charge in [-0.2, -0.15) is 0 Å². The van der Waals surface area contributed by atoms with Crippen LogP contribution >= 0.6 is 0 Å². The highest BCUT2D eigenvalue weighted by Crippen LogP contribution is 2.18. The summed E-state index contributed by atoms with van der Waals surface area (Å²) in [5.74, 6) is 0.292. The molecule has 1 atom stereocenters. The lowest BCUT2D eigenvalue weighted by atomic mass is 10.1. The van der Waals surface area contributed by atoms with Crippen LogP contribution < -0.4 is 4.90 Å². The summed E-state index contributed by atoms with van der Waals surface area (Å²) in [4.78, 5) is 2.11. The molecule has 1 aromatic rings. The van der Waals surface area contributed by atoms with E-state index in [1.807, 2.05) is 0 Å². The van der Waals surface area contributed by atoms with Crippen molar-refractivity contribution in [2.24, 2.45) is 0 Å². The lowest BCUT2D eigenvalue weighted by molar-refractivity contribution is 0.563.